The minimum Gasteiger partial charge on any atom is -0.481 e. The quantitative estimate of drug-likeness (QED) is 0.583. The Kier molecular flexibility index (Phi) is 9.11. The molecule has 3 amide bonds. The molecule has 0 saturated heterocycles. The number of carbonyl (C=O) groups excluding carboxylic acids is 2. The first-order valence-electron chi connectivity index (χ1n) is 6.78. The van der Waals surface area contributed by atoms with E-state index < -0.39 is 5.97 Å². The number of hydrogen-bond acceptors (Lipinski definition) is 4. The molecule has 0 aromatic carbocycles. The molecule has 0 atom stereocenters. The molecule has 0 spiro atoms. The van der Waals surface area contributed by atoms with Gasteiger partial charge in [0.2, 0.25) is 5.91 Å². The molecule has 21 heavy (non-hydrogen) atoms. The lowest BCUT2D eigenvalue weighted by atomic mass is 10.3. The van der Waals surface area contributed by atoms with Crippen molar-refractivity contribution in [3.05, 3.63) is 0 Å². The first kappa shape index (κ1) is 19.2. The summed E-state index contributed by atoms with van der Waals surface area (Å²) in [5.74, 6) is -1.25. The highest BCUT2D eigenvalue weighted by atomic mass is 16.5. The molecule has 0 unspecified atom stereocenters. The maximum absolute atomic E-state index is 12.2. The molecular formula is C13H25N3O5. The van der Waals surface area contributed by atoms with Crippen LogP contribution in [-0.4, -0.2) is 79.3 Å². The van der Waals surface area contributed by atoms with E-state index in [2.05, 4.69) is 5.32 Å². The first-order chi connectivity index (χ1) is 9.79. The van der Waals surface area contributed by atoms with Crippen LogP contribution in [0.1, 0.15) is 20.3 Å². The number of carboxylic acids is 1. The summed E-state index contributed by atoms with van der Waals surface area (Å²) in [6.45, 7) is 4.41. The number of carboxylic acid groups (broad SMARTS) is 1. The van der Waals surface area contributed by atoms with E-state index in [4.69, 9.17) is 9.84 Å². The van der Waals surface area contributed by atoms with E-state index in [0.717, 1.165) is 0 Å². The van der Waals surface area contributed by atoms with E-state index in [9.17, 15) is 14.4 Å². The van der Waals surface area contributed by atoms with Crippen LogP contribution in [0.4, 0.5) is 4.79 Å². The number of rotatable bonds is 9. The predicted octanol–water partition coefficient (Wildman–Crippen LogP) is -0.0141. The van der Waals surface area contributed by atoms with Crippen molar-refractivity contribution in [1.82, 2.24) is 15.1 Å². The summed E-state index contributed by atoms with van der Waals surface area (Å²) in [7, 11) is 3.04. The molecule has 122 valence electrons. The summed E-state index contributed by atoms with van der Waals surface area (Å²) < 4.78 is 4.81. The van der Waals surface area contributed by atoms with Gasteiger partial charge in [-0.2, -0.15) is 0 Å². The van der Waals surface area contributed by atoms with Gasteiger partial charge < -0.3 is 25.0 Å². The zero-order valence-electron chi connectivity index (χ0n) is 13.1. The molecule has 0 aliphatic carbocycles. The third-order valence-electron chi connectivity index (χ3n) is 2.77. The lowest BCUT2D eigenvalue weighted by Gasteiger charge is -2.30. The lowest BCUT2D eigenvalue weighted by Crippen LogP contribution is -2.48. The van der Waals surface area contributed by atoms with Crippen molar-refractivity contribution in [2.45, 2.75) is 26.3 Å². The number of ether oxygens (including phenoxy) is 1. The Hall–Kier alpha value is -1.83. The second-order valence-corrected chi connectivity index (χ2v) is 4.91. The minimum absolute atomic E-state index is 0.0845. The maximum Gasteiger partial charge on any atom is 0.320 e. The molecule has 0 bridgehead atoms. The van der Waals surface area contributed by atoms with Crippen LogP contribution < -0.4 is 5.32 Å². The van der Waals surface area contributed by atoms with Crippen molar-refractivity contribution in [2.24, 2.45) is 0 Å². The van der Waals surface area contributed by atoms with E-state index >= 15 is 0 Å². The molecule has 0 aliphatic heterocycles. The summed E-state index contributed by atoms with van der Waals surface area (Å²) in [6.07, 6.45) is -0.127. The van der Waals surface area contributed by atoms with E-state index in [1.165, 1.54) is 24.0 Å². The normalized spacial score (nSPS) is 10.3. The monoisotopic (exact) mass is 303 g/mol. The number of methoxy groups -OCH3 is 1. The van der Waals surface area contributed by atoms with Gasteiger partial charge in [-0.05, 0) is 13.8 Å². The molecule has 0 aromatic heterocycles. The van der Waals surface area contributed by atoms with E-state index in [-0.39, 0.29) is 37.5 Å². The average Bonchev–Trinajstić information content (AvgIpc) is 2.38. The number of nitrogens with one attached hydrogen (secondary N) is 1. The van der Waals surface area contributed by atoms with Crippen molar-refractivity contribution >= 4 is 17.9 Å². The van der Waals surface area contributed by atoms with Gasteiger partial charge in [0.1, 0.15) is 6.54 Å². The summed E-state index contributed by atoms with van der Waals surface area (Å²) in [4.78, 5) is 37.1. The average molecular weight is 303 g/mol. The molecule has 2 N–H and O–H groups in total. The summed E-state index contributed by atoms with van der Waals surface area (Å²) in [5.41, 5.74) is 0. The Balaban J connectivity index is 4.42. The van der Waals surface area contributed by atoms with Crippen LogP contribution in [0.15, 0.2) is 0 Å². The standard InChI is InChI=1S/C13H25N3O5/c1-10(2)16(7-5-12(18)19)13(20)15(3)9-11(17)14-6-8-21-4/h10H,5-9H2,1-4H3,(H,14,17)(H,18,19). The zero-order chi connectivity index (χ0) is 16.4. The Morgan fingerprint density at radius 1 is 1.29 bits per heavy atom. The van der Waals surface area contributed by atoms with Gasteiger partial charge >= 0.3 is 12.0 Å². The lowest BCUT2D eigenvalue weighted by molar-refractivity contribution is -0.137. The van der Waals surface area contributed by atoms with Crippen LogP contribution in [0.2, 0.25) is 0 Å². The van der Waals surface area contributed by atoms with Crippen LogP contribution in [0.5, 0.6) is 0 Å². The molecule has 0 radical (unpaired) electrons. The van der Waals surface area contributed by atoms with Gasteiger partial charge in [-0.1, -0.05) is 0 Å². The van der Waals surface area contributed by atoms with Crippen molar-refractivity contribution in [3.8, 4) is 0 Å². The van der Waals surface area contributed by atoms with Crippen molar-refractivity contribution in [2.75, 3.05) is 40.4 Å². The fraction of sp³-hybridized carbons (Fsp3) is 0.769. The van der Waals surface area contributed by atoms with Crippen molar-refractivity contribution in [3.63, 3.8) is 0 Å². The highest BCUT2D eigenvalue weighted by Crippen LogP contribution is 2.04. The second kappa shape index (κ2) is 9.98. The SMILES string of the molecule is COCCNC(=O)CN(C)C(=O)N(CCC(=O)O)C(C)C. The molecular weight excluding hydrogens is 278 g/mol. The Morgan fingerprint density at radius 3 is 2.38 bits per heavy atom. The van der Waals surface area contributed by atoms with Crippen LogP contribution in [0.25, 0.3) is 0 Å². The molecule has 0 rings (SSSR count). The molecule has 0 aromatic rings. The fourth-order valence-corrected chi connectivity index (χ4v) is 1.64. The number of aliphatic carboxylic acids is 1. The van der Waals surface area contributed by atoms with Gasteiger partial charge in [0.25, 0.3) is 0 Å². The summed E-state index contributed by atoms with van der Waals surface area (Å²) in [6, 6.07) is -0.510. The molecule has 0 saturated carbocycles. The zero-order valence-corrected chi connectivity index (χ0v) is 13.1. The highest BCUT2D eigenvalue weighted by molar-refractivity contribution is 5.84. The topological polar surface area (TPSA) is 99.2 Å². The first-order valence-corrected chi connectivity index (χ1v) is 6.78. The van der Waals surface area contributed by atoms with E-state index in [1.807, 2.05) is 0 Å². The summed E-state index contributed by atoms with van der Waals surface area (Å²) in [5, 5.41) is 11.3. The third-order valence-corrected chi connectivity index (χ3v) is 2.77. The number of likely N-dealkylation sites (N-methyl/N-ethyl adjacent to an activating group) is 1. The number of nitrogens with zero attached hydrogens (tertiary/aromatic N) is 2. The van der Waals surface area contributed by atoms with Gasteiger partial charge in [-0.25, -0.2) is 4.79 Å². The van der Waals surface area contributed by atoms with Gasteiger partial charge in [-0.3, -0.25) is 9.59 Å². The van der Waals surface area contributed by atoms with Crippen LogP contribution in [0, 0.1) is 0 Å². The van der Waals surface area contributed by atoms with Crippen LogP contribution >= 0.6 is 0 Å². The van der Waals surface area contributed by atoms with Crippen molar-refractivity contribution < 1.29 is 24.2 Å². The Morgan fingerprint density at radius 2 is 1.90 bits per heavy atom. The molecule has 0 aliphatic rings. The predicted molar refractivity (Wildman–Crippen MR) is 77.0 cm³/mol. The number of amides is 3. The Labute approximate surface area is 125 Å². The fourth-order valence-electron chi connectivity index (χ4n) is 1.64. The Bertz CT molecular complexity index is 360. The molecule has 0 fully saturated rings. The molecule has 8 heteroatoms. The minimum atomic E-state index is -0.964. The van der Waals surface area contributed by atoms with Gasteiger partial charge in [-0.15, -0.1) is 0 Å². The van der Waals surface area contributed by atoms with Gasteiger partial charge in [0.05, 0.1) is 13.0 Å². The summed E-state index contributed by atoms with van der Waals surface area (Å²) >= 11 is 0. The third kappa shape index (κ3) is 8.13. The maximum atomic E-state index is 12.2. The van der Waals surface area contributed by atoms with Gasteiger partial charge in [0, 0.05) is 33.3 Å². The smallest absolute Gasteiger partial charge is 0.320 e. The second-order valence-electron chi connectivity index (χ2n) is 4.91. The highest BCUT2D eigenvalue weighted by Gasteiger charge is 2.22. The number of hydrogen-bond donors (Lipinski definition) is 2. The van der Waals surface area contributed by atoms with E-state index in [1.54, 1.807) is 13.8 Å². The molecule has 0 heterocycles. The van der Waals surface area contributed by atoms with E-state index in [0.29, 0.717) is 13.2 Å². The molecule has 8 nitrogen and oxygen atoms in total. The van der Waals surface area contributed by atoms with Crippen molar-refractivity contribution in [1.29, 1.82) is 0 Å². The number of carbonyl (C=O) groups is 3. The largest absolute Gasteiger partial charge is 0.481 e. The van der Waals surface area contributed by atoms with Crippen LogP contribution in [0.3, 0.4) is 0 Å². The van der Waals surface area contributed by atoms with Gasteiger partial charge in [0.15, 0.2) is 0 Å². The number of urea groups is 1. The van der Waals surface area contributed by atoms with Crippen LogP contribution in [-0.2, 0) is 14.3 Å².